The van der Waals surface area contributed by atoms with Crippen LogP contribution in [0.4, 0.5) is 0 Å². The Morgan fingerprint density at radius 3 is 2.07 bits per heavy atom. The van der Waals surface area contributed by atoms with Crippen molar-refractivity contribution in [1.29, 1.82) is 0 Å². The fourth-order valence-electron chi connectivity index (χ4n) is 3.72. The summed E-state index contributed by atoms with van der Waals surface area (Å²) in [7, 11) is 0. The number of amides is 1. The number of likely N-dealkylation sites (tertiary alicyclic amines) is 1. The van der Waals surface area contributed by atoms with Crippen LogP contribution in [0.5, 0.6) is 0 Å². The van der Waals surface area contributed by atoms with E-state index in [9.17, 15) is 9.59 Å². The monoisotopic (exact) mass is 411 g/mol. The van der Waals surface area contributed by atoms with Crippen LogP contribution in [0, 0.1) is 11.8 Å². The normalized spacial score (nSPS) is 16.3. The Morgan fingerprint density at radius 1 is 0.966 bits per heavy atom. The van der Waals surface area contributed by atoms with Gasteiger partial charge in [-0.25, -0.2) is 0 Å². The summed E-state index contributed by atoms with van der Waals surface area (Å²) < 4.78 is 0. The summed E-state index contributed by atoms with van der Waals surface area (Å²) in [6.45, 7) is 14.4. The van der Waals surface area contributed by atoms with E-state index in [4.69, 9.17) is 5.11 Å². The first-order valence-electron chi connectivity index (χ1n) is 11.8. The maximum Gasteiger partial charge on any atom is 0.303 e. The summed E-state index contributed by atoms with van der Waals surface area (Å²) in [4.78, 5) is 28.8. The standard InChI is InChI=1S/C23H45N3O3/c1-19(2)11-17-26(18-12-20(3)4)23(29)21(9-10-22(27)28)24-13-8-16-25-14-6-5-7-15-25/h19-21,24H,5-18H2,1-4H3,(H,27,28)/t21-/m0/s1. The van der Waals surface area contributed by atoms with E-state index in [1.54, 1.807) is 0 Å². The van der Waals surface area contributed by atoms with Crippen LogP contribution in [0.2, 0.25) is 0 Å². The van der Waals surface area contributed by atoms with Crippen LogP contribution in [0.25, 0.3) is 0 Å². The molecular weight excluding hydrogens is 366 g/mol. The third-order valence-corrected chi connectivity index (χ3v) is 5.70. The summed E-state index contributed by atoms with van der Waals surface area (Å²) in [6, 6.07) is -0.396. The molecule has 1 heterocycles. The first-order valence-corrected chi connectivity index (χ1v) is 11.8. The van der Waals surface area contributed by atoms with E-state index in [-0.39, 0.29) is 12.3 Å². The number of carboxylic acid groups (broad SMARTS) is 1. The number of rotatable bonds is 15. The molecule has 0 bridgehead atoms. The van der Waals surface area contributed by atoms with Crippen LogP contribution in [0.1, 0.15) is 79.1 Å². The van der Waals surface area contributed by atoms with Gasteiger partial charge < -0.3 is 20.2 Å². The van der Waals surface area contributed by atoms with Crippen LogP contribution in [-0.4, -0.2) is 72.1 Å². The molecule has 0 aromatic heterocycles. The zero-order valence-corrected chi connectivity index (χ0v) is 19.3. The Bertz CT molecular complexity index is 450. The maximum absolute atomic E-state index is 13.2. The van der Waals surface area contributed by atoms with Crippen molar-refractivity contribution in [3.05, 3.63) is 0 Å². The number of nitrogens with zero attached hydrogens (tertiary/aromatic N) is 2. The van der Waals surface area contributed by atoms with Crippen LogP contribution >= 0.6 is 0 Å². The number of piperidine rings is 1. The molecule has 0 radical (unpaired) electrons. The molecule has 0 aromatic carbocycles. The van der Waals surface area contributed by atoms with Crippen molar-refractivity contribution in [2.45, 2.75) is 85.1 Å². The van der Waals surface area contributed by atoms with Crippen LogP contribution < -0.4 is 5.32 Å². The smallest absolute Gasteiger partial charge is 0.303 e. The Morgan fingerprint density at radius 2 is 1.55 bits per heavy atom. The van der Waals surface area contributed by atoms with Gasteiger partial charge >= 0.3 is 5.97 Å². The second kappa shape index (κ2) is 14.8. The van der Waals surface area contributed by atoms with E-state index in [1.165, 1.54) is 32.4 Å². The quantitative estimate of drug-likeness (QED) is 0.403. The molecule has 0 aromatic rings. The topological polar surface area (TPSA) is 72.9 Å². The summed E-state index contributed by atoms with van der Waals surface area (Å²) in [5.74, 6) is 0.318. The SMILES string of the molecule is CC(C)CCN(CCC(C)C)C(=O)[C@H](CCC(=O)O)NCCCN1CCCCC1. The lowest BCUT2D eigenvalue weighted by Crippen LogP contribution is -2.48. The number of carbonyl (C=O) groups excluding carboxylic acids is 1. The average Bonchev–Trinajstić information content (AvgIpc) is 2.67. The Kier molecular flexibility index (Phi) is 13.2. The number of hydrogen-bond donors (Lipinski definition) is 2. The zero-order chi connectivity index (χ0) is 21.6. The first-order chi connectivity index (χ1) is 13.8. The van der Waals surface area contributed by atoms with Crippen LogP contribution in [0.3, 0.4) is 0 Å². The lowest BCUT2D eigenvalue weighted by molar-refractivity contribution is -0.138. The van der Waals surface area contributed by atoms with Gasteiger partial charge in [0.05, 0.1) is 6.04 Å². The number of carboxylic acids is 1. The van der Waals surface area contributed by atoms with Crippen molar-refractivity contribution in [3.8, 4) is 0 Å². The van der Waals surface area contributed by atoms with Crippen LogP contribution in [-0.2, 0) is 9.59 Å². The molecule has 0 aliphatic carbocycles. The molecular formula is C23H45N3O3. The number of aliphatic carboxylic acids is 1. The molecule has 29 heavy (non-hydrogen) atoms. The third kappa shape index (κ3) is 12.2. The van der Waals surface area contributed by atoms with Gasteiger partial charge in [0, 0.05) is 19.5 Å². The molecule has 1 aliphatic heterocycles. The molecule has 1 saturated heterocycles. The number of hydrogen-bond acceptors (Lipinski definition) is 4. The van der Waals surface area contributed by atoms with Gasteiger partial charge in [0.2, 0.25) is 5.91 Å². The third-order valence-electron chi connectivity index (χ3n) is 5.70. The van der Waals surface area contributed by atoms with Gasteiger partial charge in [-0.2, -0.15) is 0 Å². The molecule has 2 N–H and O–H groups in total. The van der Waals surface area contributed by atoms with E-state index in [0.29, 0.717) is 18.3 Å². The Labute approximate surface area is 178 Å². The van der Waals surface area contributed by atoms with Gasteiger partial charge in [0.1, 0.15) is 0 Å². The number of nitrogens with one attached hydrogen (secondary N) is 1. The highest BCUT2D eigenvalue weighted by Gasteiger charge is 2.25. The first kappa shape index (κ1) is 25.9. The minimum absolute atomic E-state index is 0.0255. The van der Waals surface area contributed by atoms with Gasteiger partial charge in [-0.05, 0) is 76.5 Å². The number of carbonyl (C=O) groups is 2. The minimum Gasteiger partial charge on any atom is -0.481 e. The lowest BCUT2D eigenvalue weighted by atomic mass is 10.1. The van der Waals surface area contributed by atoms with E-state index >= 15 is 0 Å². The molecule has 1 rings (SSSR count). The predicted molar refractivity (Wildman–Crippen MR) is 119 cm³/mol. The Hall–Kier alpha value is -1.14. The Balaban J connectivity index is 2.60. The summed E-state index contributed by atoms with van der Waals surface area (Å²) in [5.41, 5.74) is 0. The van der Waals surface area contributed by atoms with Crippen LogP contribution in [0.15, 0.2) is 0 Å². The van der Waals surface area contributed by atoms with Crippen molar-refractivity contribution < 1.29 is 14.7 Å². The highest BCUT2D eigenvalue weighted by atomic mass is 16.4. The molecule has 6 heteroatoms. The minimum atomic E-state index is -0.839. The molecule has 0 unspecified atom stereocenters. The molecule has 1 fully saturated rings. The van der Waals surface area contributed by atoms with Crippen molar-refractivity contribution in [2.24, 2.45) is 11.8 Å². The van der Waals surface area contributed by atoms with E-state index in [1.807, 2.05) is 4.90 Å². The molecule has 170 valence electrons. The fourth-order valence-corrected chi connectivity index (χ4v) is 3.72. The van der Waals surface area contributed by atoms with Gasteiger partial charge in [-0.15, -0.1) is 0 Å². The van der Waals surface area contributed by atoms with Gasteiger partial charge in [0.25, 0.3) is 0 Å². The largest absolute Gasteiger partial charge is 0.481 e. The summed E-state index contributed by atoms with van der Waals surface area (Å²) in [5, 5.41) is 12.5. The lowest BCUT2D eigenvalue weighted by Gasteiger charge is -2.30. The van der Waals surface area contributed by atoms with E-state index < -0.39 is 12.0 Å². The molecule has 1 amide bonds. The second-order valence-corrected chi connectivity index (χ2v) is 9.39. The molecule has 0 saturated carbocycles. The van der Waals surface area contributed by atoms with Crippen molar-refractivity contribution in [2.75, 3.05) is 39.3 Å². The van der Waals surface area contributed by atoms with Crippen molar-refractivity contribution >= 4 is 11.9 Å². The second-order valence-electron chi connectivity index (χ2n) is 9.39. The molecule has 6 nitrogen and oxygen atoms in total. The van der Waals surface area contributed by atoms with Gasteiger partial charge in [0.15, 0.2) is 0 Å². The predicted octanol–water partition coefficient (Wildman–Crippen LogP) is 3.61. The van der Waals surface area contributed by atoms with E-state index in [0.717, 1.165) is 45.4 Å². The summed E-state index contributed by atoms with van der Waals surface area (Å²) >= 11 is 0. The zero-order valence-electron chi connectivity index (χ0n) is 19.3. The van der Waals surface area contributed by atoms with E-state index in [2.05, 4.69) is 37.9 Å². The van der Waals surface area contributed by atoms with Crippen molar-refractivity contribution in [1.82, 2.24) is 15.1 Å². The highest BCUT2D eigenvalue weighted by Crippen LogP contribution is 2.12. The average molecular weight is 412 g/mol. The molecule has 1 aliphatic rings. The summed E-state index contributed by atoms with van der Waals surface area (Å²) in [6.07, 6.45) is 7.24. The molecule has 1 atom stereocenters. The molecule has 0 spiro atoms. The van der Waals surface area contributed by atoms with Gasteiger partial charge in [-0.3, -0.25) is 9.59 Å². The highest BCUT2D eigenvalue weighted by molar-refractivity contribution is 5.82. The fraction of sp³-hybridized carbons (Fsp3) is 0.913. The van der Waals surface area contributed by atoms with Gasteiger partial charge in [-0.1, -0.05) is 34.1 Å². The maximum atomic E-state index is 13.2. The van der Waals surface area contributed by atoms with Crippen molar-refractivity contribution in [3.63, 3.8) is 0 Å².